The molecule has 2 aromatic rings. The molecule has 0 radical (unpaired) electrons. The van der Waals surface area contributed by atoms with Gasteiger partial charge in [-0.3, -0.25) is 0 Å². The third-order valence-electron chi connectivity index (χ3n) is 7.03. The van der Waals surface area contributed by atoms with Crippen LogP contribution in [-0.2, 0) is 12.8 Å². The second kappa shape index (κ2) is 9.12. The maximum absolute atomic E-state index is 15.1. The first kappa shape index (κ1) is 20.1. The number of hydrogen-bond acceptors (Lipinski definition) is 0. The fraction of sp³-hybridized carbons (Fsp3) is 0.481. The van der Waals surface area contributed by atoms with Crippen LogP contribution in [0, 0.1) is 41.2 Å². The molecule has 4 rings (SSSR count). The highest BCUT2D eigenvalue weighted by molar-refractivity contribution is 5.47. The van der Waals surface area contributed by atoms with Crippen LogP contribution in [0.25, 0.3) is 0 Å². The van der Waals surface area contributed by atoms with Gasteiger partial charge in [-0.1, -0.05) is 50.5 Å². The van der Waals surface area contributed by atoms with Crippen LogP contribution in [0.2, 0.25) is 0 Å². The Bertz CT molecular complexity index is 893. The molecule has 2 aromatic carbocycles. The molecule has 0 spiro atoms. The molecule has 0 nitrogen and oxygen atoms in total. The molecule has 0 bridgehead atoms. The van der Waals surface area contributed by atoms with Gasteiger partial charge in [0.25, 0.3) is 0 Å². The normalized spacial score (nSPS) is 23.8. The van der Waals surface area contributed by atoms with Crippen LogP contribution in [0.3, 0.4) is 0 Å². The highest BCUT2D eigenvalue weighted by Crippen LogP contribution is 2.41. The topological polar surface area (TPSA) is 0 Å². The highest BCUT2D eigenvalue weighted by atomic mass is 19.1. The fourth-order valence-corrected chi connectivity index (χ4v) is 5.37. The van der Waals surface area contributed by atoms with Crippen LogP contribution < -0.4 is 0 Å². The molecule has 29 heavy (non-hydrogen) atoms. The van der Waals surface area contributed by atoms with Crippen molar-refractivity contribution in [2.24, 2.45) is 17.8 Å². The summed E-state index contributed by atoms with van der Waals surface area (Å²) in [5.41, 5.74) is 3.20. The zero-order valence-electron chi connectivity index (χ0n) is 17.3. The van der Waals surface area contributed by atoms with Gasteiger partial charge in [0.15, 0.2) is 0 Å². The van der Waals surface area contributed by atoms with Crippen molar-refractivity contribution in [1.82, 2.24) is 0 Å². The maximum Gasteiger partial charge on any atom is 0.142 e. The summed E-state index contributed by atoms with van der Waals surface area (Å²) in [4.78, 5) is 0. The molecule has 0 heterocycles. The van der Waals surface area contributed by atoms with E-state index in [1.165, 1.54) is 56.2 Å². The molecule has 0 aromatic heterocycles. The molecule has 1 saturated carbocycles. The van der Waals surface area contributed by atoms with Gasteiger partial charge >= 0.3 is 0 Å². The van der Waals surface area contributed by atoms with E-state index in [1.807, 2.05) is 6.07 Å². The van der Waals surface area contributed by atoms with E-state index in [1.54, 1.807) is 12.1 Å². The quantitative estimate of drug-likeness (QED) is 0.490. The first-order valence-corrected chi connectivity index (χ1v) is 11.2. The molecule has 2 heteroatoms. The minimum absolute atomic E-state index is 0.151. The predicted octanol–water partition coefficient (Wildman–Crippen LogP) is 7.08. The predicted molar refractivity (Wildman–Crippen MR) is 115 cm³/mol. The standard InChI is InChI=1S/C27H30F2/c1-2-3-19-4-9-21(10-5-19)23-14-17-26-24(18-23)13-12-22(27(26)29)11-6-20-7-15-25(28)16-8-20/h7-8,12-13,15-16,19,21,23H,2-5,9-10,14,17-18H2,1H3. The second-order valence-electron chi connectivity index (χ2n) is 8.89. The van der Waals surface area contributed by atoms with E-state index in [-0.39, 0.29) is 11.6 Å². The van der Waals surface area contributed by atoms with E-state index >= 15 is 4.39 Å². The van der Waals surface area contributed by atoms with E-state index in [2.05, 4.69) is 24.8 Å². The summed E-state index contributed by atoms with van der Waals surface area (Å²) in [6.45, 7) is 2.29. The maximum atomic E-state index is 15.1. The third-order valence-corrected chi connectivity index (χ3v) is 7.03. The van der Waals surface area contributed by atoms with E-state index in [4.69, 9.17) is 0 Å². The van der Waals surface area contributed by atoms with Gasteiger partial charge in [-0.25, -0.2) is 8.78 Å². The van der Waals surface area contributed by atoms with Crippen LogP contribution in [0.4, 0.5) is 8.78 Å². The highest BCUT2D eigenvalue weighted by Gasteiger charge is 2.31. The van der Waals surface area contributed by atoms with Gasteiger partial charge in [-0.15, -0.1) is 0 Å². The molecule has 0 amide bonds. The van der Waals surface area contributed by atoms with Crippen molar-refractivity contribution in [3.63, 3.8) is 0 Å². The summed E-state index contributed by atoms with van der Waals surface area (Å²) in [5.74, 6) is 7.92. The largest absolute Gasteiger partial charge is 0.207 e. The molecule has 152 valence electrons. The molecule has 1 fully saturated rings. The first-order chi connectivity index (χ1) is 14.1. The van der Waals surface area contributed by atoms with Gasteiger partial charge in [-0.05, 0) is 91.3 Å². The van der Waals surface area contributed by atoms with Gasteiger partial charge in [0.05, 0.1) is 5.56 Å². The van der Waals surface area contributed by atoms with Gasteiger partial charge in [0.2, 0.25) is 0 Å². The van der Waals surface area contributed by atoms with Crippen LogP contribution in [0.5, 0.6) is 0 Å². The summed E-state index contributed by atoms with van der Waals surface area (Å²) < 4.78 is 28.1. The Hall–Kier alpha value is -2.14. The molecule has 0 aliphatic heterocycles. The summed E-state index contributed by atoms with van der Waals surface area (Å²) >= 11 is 0. The SMILES string of the molecule is CCCC1CCC(C2CCc3c(ccc(C#Cc4ccc(F)cc4)c3F)C2)CC1. The average molecular weight is 393 g/mol. The lowest BCUT2D eigenvalue weighted by Gasteiger charge is -2.36. The minimum atomic E-state index is -0.288. The van der Waals surface area contributed by atoms with E-state index < -0.39 is 0 Å². The second-order valence-corrected chi connectivity index (χ2v) is 8.89. The van der Waals surface area contributed by atoms with Crippen molar-refractivity contribution in [1.29, 1.82) is 0 Å². The Kier molecular flexibility index (Phi) is 6.34. The number of hydrogen-bond donors (Lipinski definition) is 0. The van der Waals surface area contributed by atoms with Gasteiger partial charge in [-0.2, -0.15) is 0 Å². The van der Waals surface area contributed by atoms with Crippen LogP contribution in [-0.4, -0.2) is 0 Å². The summed E-state index contributed by atoms with van der Waals surface area (Å²) in [5, 5.41) is 0. The van der Waals surface area contributed by atoms with Crippen molar-refractivity contribution < 1.29 is 8.78 Å². The zero-order chi connectivity index (χ0) is 20.2. The van der Waals surface area contributed by atoms with E-state index in [9.17, 15) is 4.39 Å². The molecule has 0 saturated heterocycles. The molecule has 1 unspecified atom stereocenters. The Balaban J connectivity index is 1.44. The minimum Gasteiger partial charge on any atom is -0.207 e. The smallest absolute Gasteiger partial charge is 0.142 e. The molecule has 0 N–H and O–H groups in total. The number of halogens is 2. The summed E-state index contributed by atoms with van der Waals surface area (Å²) in [7, 11) is 0. The monoisotopic (exact) mass is 392 g/mol. The van der Waals surface area contributed by atoms with Crippen LogP contribution >= 0.6 is 0 Å². The third kappa shape index (κ3) is 4.72. The van der Waals surface area contributed by atoms with Gasteiger partial charge in [0, 0.05) is 5.56 Å². The van der Waals surface area contributed by atoms with Crippen molar-refractivity contribution in [3.05, 3.63) is 70.3 Å². The summed E-state index contributed by atoms with van der Waals surface area (Å²) in [6.07, 6.45) is 11.1. The fourth-order valence-electron chi connectivity index (χ4n) is 5.37. The van der Waals surface area contributed by atoms with Gasteiger partial charge < -0.3 is 0 Å². The lowest BCUT2D eigenvalue weighted by Crippen LogP contribution is -2.27. The van der Waals surface area contributed by atoms with Crippen molar-refractivity contribution in [2.75, 3.05) is 0 Å². The zero-order valence-corrected chi connectivity index (χ0v) is 17.3. The Morgan fingerprint density at radius 1 is 0.862 bits per heavy atom. The molecule has 2 aliphatic carbocycles. The first-order valence-electron chi connectivity index (χ1n) is 11.2. The van der Waals surface area contributed by atoms with Crippen LogP contribution in [0.15, 0.2) is 36.4 Å². The van der Waals surface area contributed by atoms with Gasteiger partial charge in [0.1, 0.15) is 11.6 Å². The Morgan fingerprint density at radius 2 is 1.62 bits per heavy atom. The number of fused-ring (bicyclic) bond motifs is 1. The average Bonchev–Trinajstić information content (AvgIpc) is 2.75. The molecular weight excluding hydrogens is 362 g/mol. The lowest BCUT2D eigenvalue weighted by atomic mass is 9.69. The number of benzene rings is 2. The summed E-state index contributed by atoms with van der Waals surface area (Å²) in [6, 6.07) is 9.91. The molecular formula is C27H30F2. The van der Waals surface area contributed by atoms with Crippen molar-refractivity contribution in [2.45, 2.75) is 64.7 Å². The van der Waals surface area contributed by atoms with E-state index in [0.717, 1.165) is 36.7 Å². The van der Waals surface area contributed by atoms with Crippen LogP contribution in [0.1, 0.15) is 74.1 Å². The molecule has 1 atom stereocenters. The lowest BCUT2D eigenvalue weighted by molar-refractivity contribution is 0.183. The Labute approximate surface area is 173 Å². The van der Waals surface area contributed by atoms with Crippen molar-refractivity contribution in [3.8, 4) is 11.8 Å². The van der Waals surface area contributed by atoms with Crippen molar-refractivity contribution >= 4 is 0 Å². The Morgan fingerprint density at radius 3 is 2.34 bits per heavy atom. The molecule has 2 aliphatic rings. The number of rotatable bonds is 3. The van der Waals surface area contributed by atoms with E-state index in [0.29, 0.717) is 17.0 Å².